The van der Waals surface area contributed by atoms with Crippen molar-refractivity contribution in [3.8, 4) is 5.82 Å². The van der Waals surface area contributed by atoms with Gasteiger partial charge < -0.3 is 0 Å². The zero-order valence-electron chi connectivity index (χ0n) is 15.3. The Hall–Kier alpha value is -2.87. The summed E-state index contributed by atoms with van der Waals surface area (Å²) >= 11 is 0. The molecule has 0 unspecified atom stereocenters. The van der Waals surface area contributed by atoms with Crippen molar-refractivity contribution in [2.24, 2.45) is 0 Å². The first-order chi connectivity index (χ1) is 13.3. The molecule has 0 spiro atoms. The molecule has 8 heteroatoms. The lowest BCUT2D eigenvalue weighted by molar-refractivity contribution is -0.137. The number of H-pyrrole nitrogens is 1. The Kier molecular flexibility index (Phi) is 4.58. The lowest BCUT2D eigenvalue weighted by Crippen LogP contribution is -2.32. The maximum absolute atomic E-state index is 13.1. The van der Waals surface area contributed by atoms with Crippen molar-refractivity contribution in [3.05, 3.63) is 80.9 Å². The topological polar surface area (TPSA) is 53.9 Å². The minimum Gasteiger partial charge on any atom is -0.294 e. The van der Waals surface area contributed by atoms with Gasteiger partial charge in [-0.2, -0.15) is 13.2 Å². The van der Waals surface area contributed by atoms with Crippen LogP contribution < -0.4 is 5.56 Å². The molecule has 146 valence electrons. The van der Waals surface area contributed by atoms with E-state index in [1.807, 2.05) is 30.3 Å². The molecule has 0 saturated heterocycles. The van der Waals surface area contributed by atoms with E-state index in [2.05, 4.69) is 15.0 Å². The summed E-state index contributed by atoms with van der Waals surface area (Å²) in [6, 6.07) is 11.8. The van der Waals surface area contributed by atoms with E-state index in [4.69, 9.17) is 0 Å². The summed E-state index contributed by atoms with van der Waals surface area (Å²) in [5, 5.41) is 2.96. The Bertz CT molecular complexity index is 1050. The summed E-state index contributed by atoms with van der Waals surface area (Å²) < 4.78 is 40.5. The number of aryl methyl sites for hydroxylation is 1. The average Bonchev–Trinajstić information content (AvgIpc) is 2.98. The normalized spacial score (nSPS) is 14.9. The van der Waals surface area contributed by atoms with Crippen molar-refractivity contribution >= 4 is 0 Å². The van der Waals surface area contributed by atoms with Crippen molar-refractivity contribution in [2.75, 3.05) is 6.54 Å². The molecular weight excluding hydrogens is 369 g/mol. The molecule has 1 aliphatic heterocycles. The monoisotopic (exact) mass is 388 g/mol. The average molecular weight is 388 g/mol. The van der Waals surface area contributed by atoms with E-state index >= 15 is 0 Å². The second-order valence-electron chi connectivity index (χ2n) is 7.01. The smallest absolute Gasteiger partial charge is 0.294 e. The van der Waals surface area contributed by atoms with Gasteiger partial charge >= 0.3 is 6.18 Å². The number of hydrogen-bond donors (Lipinski definition) is 1. The summed E-state index contributed by atoms with van der Waals surface area (Å²) in [5.74, 6) is -0.0404. The van der Waals surface area contributed by atoms with Crippen LogP contribution in [0.2, 0.25) is 0 Å². The van der Waals surface area contributed by atoms with Gasteiger partial charge in [0.1, 0.15) is 0 Å². The number of hydrogen-bond acceptors (Lipinski definition) is 3. The minimum atomic E-state index is -4.50. The number of halogens is 3. The summed E-state index contributed by atoms with van der Waals surface area (Å²) in [4.78, 5) is 19.1. The molecule has 2 aromatic heterocycles. The lowest BCUT2D eigenvalue weighted by Gasteiger charge is -2.25. The van der Waals surface area contributed by atoms with Crippen LogP contribution in [-0.2, 0) is 25.7 Å². The zero-order chi connectivity index (χ0) is 19.9. The van der Waals surface area contributed by atoms with Gasteiger partial charge in [-0.3, -0.25) is 14.8 Å². The number of fused-ring (bicyclic) bond motifs is 1. The molecule has 0 saturated carbocycles. The van der Waals surface area contributed by atoms with Gasteiger partial charge in [0.2, 0.25) is 0 Å². The standard InChI is InChI=1S/C20H19F3N4O/c1-13-9-15(20(21,22)23)10-18(24-13)27-19(28)16-12-26(8-7-17(16)25-27)11-14-5-3-2-4-6-14/h2-6,9-10,25H,7-8,11-12H2,1H3. The van der Waals surface area contributed by atoms with Crippen molar-refractivity contribution in [1.29, 1.82) is 0 Å². The van der Waals surface area contributed by atoms with Gasteiger partial charge in [0, 0.05) is 37.4 Å². The highest BCUT2D eigenvalue weighted by atomic mass is 19.4. The third-order valence-corrected chi connectivity index (χ3v) is 4.88. The third-order valence-electron chi connectivity index (χ3n) is 4.88. The van der Waals surface area contributed by atoms with Crippen LogP contribution in [0.4, 0.5) is 13.2 Å². The van der Waals surface area contributed by atoms with Gasteiger partial charge in [-0.15, -0.1) is 0 Å². The van der Waals surface area contributed by atoms with Gasteiger partial charge in [0.25, 0.3) is 5.56 Å². The molecule has 0 radical (unpaired) electrons. The summed E-state index contributed by atoms with van der Waals surface area (Å²) in [5.41, 5.74) is 1.52. The van der Waals surface area contributed by atoms with Crippen LogP contribution >= 0.6 is 0 Å². The minimum absolute atomic E-state index is 0.0404. The van der Waals surface area contributed by atoms with Gasteiger partial charge in [-0.1, -0.05) is 30.3 Å². The second-order valence-corrected chi connectivity index (χ2v) is 7.01. The quantitative estimate of drug-likeness (QED) is 0.748. The molecule has 4 rings (SSSR count). The lowest BCUT2D eigenvalue weighted by atomic mass is 10.1. The number of nitrogens with zero attached hydrogens (tertiary/aromatic N) is 3. The molecule has 5 nitrogen and oxygen atoms in total. The first kappa shape index (κ1) is 18.5. The molecule has 1 aliphatic rings. The van der Waals surface area contributed by atoms with Crippen molar-refractivity contribution in [3.63, 3.8) is 0 Å². The predicted molar refractivity (Wildman–Crippen MR) is 98.2 cm³/mol. The number of nitrogens with one attached hydrogen (secondary N) is 1. The highest BCUT2D eigenvalue weighted by Crippen LogP contribution is 2.30. The summed E-state index contributed by atoms with van der Waals surface area (Å²) in [7, 11) is 0. The number of aromatic nitrogens is 3. The largest absolute Gasteiger partial charge is 0.416 e. The number of benzene rings is 1. The molecule has 0 atom stereocenters. The van der Waals surface area contributed by atoms with Crippen LogP contribution in [0.1, 0.15) is 28.1 Å². The number of rotatable bonds is 3. The van der Waals surface area contributed by atoms with Crippen molar-refractivity contribution < 1.29 is 13.2 Å². The van der Waals surface area contributed by atoms with Crippen LogP contribution in [0.25, 0.3) is 5.82 Å². The Morgan fingerprint density at radius 1 is 1.18 bits per heavy atom. The fourth-order valence-electron chi connectivity index (χ4n) is 3.53. The van der Waals surface area contributed by atoms with E-state index < -0.39 is 11.7 Å². The first-order valence-electron chi connectivity index (χ1n) is 8.96. The molecule has 28 heavy (non-hydrogen) atoms. The third kappa shape index (κ3) is 3.60. The van der Waals surface area contributed by atoms with E-state index in [-0.39, 0.29) is 17.1 Å². The van der Waals surface area contributed by atoms with E-state index in [0.29, 0.717) is 25.1 Å². The van der Waals surface area contributed by atoms with Crippen LogP contribution in [0, 0.1) is 6.92 Å². The van der Waals surface area contributed by atoms with E-state index in [9.17, 15) is 18.0 Å². The highest BCUT2D eigenvalue weighted by Gasteiger charge is 2.32. The zero-order valence-corrected chi connectivity index (χ0v) is 15.3. The van der Waals surface area contributed by atoms with Crippen LogP contribution in [0.15, 0.2) is 47.3 Å². The molecule has 0 aliphatic carbocycles. The molecular formula is C20H19F3N4O. The number of alkyl halides is 3. The first-order valence-corrected chi connectivity index (χ1v) is 8.96. The Morgan fingerprint density at radius 3 is 2.64 bits per heavy atom. The Labute approximate surface area is 159 Å². The molecule has 0 bridgehead atoms. The Balaban J connectivity index is 1.65. The van der Waals surface area contributed by atoms with Gasteiger partial charge in [0.15, 0.2) is 5.82 Å². The van der Waals surface area contributed by atoms with Gasteiger partial charge in [-0.05, 0) is 24.6 Å². The highest BCUT2D eigenvalue weighted by molar-refractivity contribution is 5.34. The molecule has 3 aromatic rings. The van der Waals surface area contributed by atoms with Crippen LogP contribution in [0.3, 0.4) is 0 Å². The molecule has 1 aromatic carbocycles. The maximum Gasteiger partial charge on any atom is 0.416 e. The molecule has 1 N–H and O–H groups in total. The summed E-state index contributed by atoms with van der Waals surface area (Å²) in [6.45, 7) is 3.40. The summed E-state index contributed by atoms with van der Waals surface area (Å²) in [6.07, 6.45) is -3.87. The van der Waals surface area contributed by atoms with Crippen molar-refractivity contribution in [2.45, 2.75) is 32.6 Å². The Morgan fingerprint density at radius 2 is 1.93 bits per heavy atom. The van der Waals surface area contributed by atoms with Gasteiger partial charge in [0.05, 0.1) is 11.1 Å². The van der Waals surface area contributed by atoms with E-state index in [1.165, 1.54) is 6.92 Å². The van der Waals surface area contributed by atoms with Gasteiger partial charge in [-0.25, -0.2) is 9.67 Å². The van der Waals surface area contributed by atoms with E-state index in [0.717, 1.165) is 34.6 Å². The van der Waals surface area contributed by atoms with Crippen LogP contribution in [-0.4, -0.2) is 26.2 Å². The SMILES string of the molecule is Cc1cc(C(F)(F)F)cc(-n2[nH]c3c(c2=O)CN(Cc2ccccc2)CC3)n1. The maximum atomic E-state index is 13.1. The van der Waals surface area contributed by atoms with Crippen LogP contribution in [0.5, 0.6) is 0 Å². The number of pyridine rings is 1. The molecule has 0 amide bonds. The second kappa shape index (κ2) is 6.94. The molecule has 3 heterocycles. The number of aromatic amines is 1. The van der Waals surface area contributed by atoms with Crippen molar-refractivity contribution in [1.82, 2.24) is 19.7 Å². The predicted octanol–water partition coefficient (Wildman–Crippen LogP) is 3.45. The van der Waals surface area contributed by atoms with E-state index in [1.54, 1.807) is 0 Å². The molecule has 0 fully saturated rings. The fraction of sp³-hybridized carbons (Fsp3) is 0.300. The fourth-order valence-corrected chi connectivity index (χ4v) is 3.53.